The minimum atomic E-state index is -1.06. The van der Waals surface area contributed by atoms with Crippen molar-refractivity contribution >= 4 is 5.69 Å². The molecule has 3 aromatic carbocycles. The predicted octanol–water partition coefficient (Wildman–Crippen LogP) is 4.17. The van der Waals surface area contributed by atoms with Crippen LogP contribution in [-0.2, 0) is 22.6 Å². The number of nitrogens with zero attached hydrogens (tertiary/aromatic N) is 1. The number of benzene rings is 3. The first-order valence-corrected chi connectivity index (χ1v) is 9.09. The molecule has 2 atom stereocenters. The van der Waals surface area contributed by atoms with Crippen molar-refractivity contribution < 1.29 is 9.84 Å². The van der Waals surface area contributed by atoms with E-state index in [2.05, 4.69) is 35.2 Å². The van der Waals surface area contributed by atoms with Gasteiger partial charge in [0.2, 0.25) is 5.72 Å². The van der Waals surface area contributed by atoms with E-state index in [0.717, 1.165) is 16.8 Å². The fourth-order valence-electron chi connectivity index (χ4n) is 4.59. The van der Waals surface area contributed by atoms with Crippen molar-refractivity contribution in [2.75, 3.05) is 11.5 Å². The first-order chi connectivity index (χ1) is 12.8. The first-order valence-electron chi connectivity index (χ1n) is 9.09. The maximum Gasteiger partial charge on any atom is 0.201 e. The normalized spacial score (nSPS) is 26.6. The van der Waals surface area contributed by atoms with Crippen LogP contribution >= 0.6 is 0 Å². The number of ether oxygens (including phenoxy) is 1. The van der Waals surface area contributed by atoms with Gasteiger partial charge in [0.15, 0.2) is 0 Å². The summed E-state index contributed by atoms with van der Waals surface area (Å²) < 4.78 is 6.40. The second kappa shape index (κ2) is 5.70. The Morgan fingerprint density at radius 3 is 2.27 bits per heavy atom. The number of aliphatic hydroxyl groups is 1. The number of fused-ring (bicyclic) bond motifs is 3. The minimum absolute atomic E-state index is 0.533. The van der Waals surface area contributed by atoms with E-state index in [0.29, 0.717) is 19.6 Å². The summed E-state index contributed by atoms with van der Waals surface area (Å²) in [4.78, 5) is 2.24. The third-order valence-electron chi connectivity index (χ3n) is 5.70. The average molecular weight is 343 g/mol. The van der Waals surface area contributed by atoms with Crippen LogP contribution in [0.3, 0.4) is 0 Å². The van der Waals surface area contributed by atoms with E-state index in [1.807, 2.05) is 54.6 Å². The van der Waals surface area contributed by atoms with Gasteiger partial charge in [-0.1, -0.05) is 78.9 Å². The van der Waals surface area contributed by atoms with Crippen LogP contribution in [0, 0.1) is 0 Å². The van der Waals surface area contributed by atoms with E-state index in [1.54, 1.807) is 0 Å². The molecule has 2 unspecified atom stereocenters. The second-order valence-electron chi connectivity index (χ2n) is 7.06. The number of para-hydroxylation sites is 1. The van der Waals surface area contributed by atoms with E-state index in [9.17, 15) is 5.11 Å². The summed E-state index contributed by atoms with van der Waals surface area (Å²) >= 11 is 0. The van der Waals surface area contributed by atoms with Gasteiger partial charge in [0.25, 0.3) is 0 Å². The van der Waals surface area contributed by atoms with Crippen molar-refractivity contribution in [2.45, 2.75) is 24.3 Å². The molecule has 2 aliphatic heterocycles. The third-order valence-corrected chi connectivity index (χ3v) is 5.70. The van der Waals surface area contributed by atoms with Gasteiger partial charge in [-0.05, 0) is 11.6 Å². The summed E-state index contributed by atoms with van der Waals surface area (Å²) in [5.74, 6) is 0. The van der Waals surface area contributed by atoms with Gasteiger partial charge in [0.05, 0.1) is 6.61 Å². The smallest absolute Gasteiger partial charge is 0.201 e. The highest BCUT2D eigenvalue weighted by Gasteiger charge is 2.66. The van der Waals surface area contributed by atoms with E-state index >= 15 is 0 Å². The Labute approximate surface area is 153 Å². The topological polar surface area (TPSA) is 32.7 Å². The van der Waals surface area contributed by atoms with Gasteiger partial charge >= 0.3 is 0 Å². The zero-order valence-corrected chi connectivity index (χ0v) is 14.5. The largest absolute Gasteiger partial charge is 0.380 e. The van der Waals surface area contributed by atoms with Crippen LogP contribution in [-0.4, -0.2) is 11.7 Å². The van der Waals surface area contributed by atoms with Gasteiger partial charge in [-0.3, -0.25) is 0 Å². The molecule has 2 heterocycles. The molecule has 0 saturated carbocycles. The fourth-order valence-corrected chi connectivity index (χ4v) is 4.59. The highest BCUT2D eigenvalue weighted by Crippen LogP contribution is 2.61. The van der Waals surface area contributed by atoms with Crippen LogP contribution in [0.15, 0.2) is 84.9 Å². The lowest BCUT2D eigenvalue weighted by atomic mass is 9.81. The summed E-state index contributed by atoms with van der Waals surface area (Å²) in [5.41, 5.74) is 2.23. The standard InChI is InChI=1S/C23H21NO2/c25-22-15-16-26-23(22,19-11-5-2-6-12-19)24(17-18-9-3-1-4-10-18)21-14-8-7-13-20(21)22/h1-14,25H,15-17H2. The first kappa shape index (κ1) is 15.6. The summed E-state index contributed by atoms with van der Waals surface area (Å²) in [6.45, 7) is 1.21. The van der Waals surface area contributed by atoms with Gasteiger partial charge < -0.3 is 14.7 Å². The van der Waals surface area contributed by atoms with Crippen molar-refractivity contribution in [2.24, 2.45) is 0 Å². The molecule has 1 saturated heterocycles. The Morgan fingerprint density at radius 1 is 0.846 bits per heavy atom. The number of rotatable bonds is 3. The molecule has 0 bridgehead atoms. The molecular formula is C23H21NO2. The number of hydrogen-bond acceptors (Lipinski definition) is 3. The molecule has 2 aliphatic rings. The van der Waals surface area contributed by atoms with Gasteiger partial charge in [0.1, 0.15) is 5.60 Å². The summed E-state index contributed by atoms with van der Waals surface area (Å²) in [5, 5.41) is 11.9. The van der Waals surface area contributed by atoms with Gasteiger partial charge in [-0.2, -0.15) is 0 Å². The van der Waals surface area contributed by atoms with E-state index in [-0.39, 0.29) is 0 Å². The molecule has 0 spiro atoms. The Balaban J connectivity index is 1.74. The van der Waals surface area contributed by atoms with Crippen LogP contribution in [0.25, 0.3) is 0 Å². The van der Waals surface area contributed by atoms with E-state index in [4.69, 9.17) is 4.74 Å². The molecule has 1 N–H and O–H groups in total. The third kappa shape index (κ3) is 1.96. The number of hydrogen-bond donors (Lipinski definition) is 1. The Kier molecular flexibility index (Phi) is 3.42. The monoisotopic (exact) mass is 343 g/mol. The molecule has 3 nitrogen and oxygen atoms in total. The van der Waals surface area contributed by atoms with Gasteiger partial charge in [-0.15, -0.1) is 0 Å². The molecule has 26 heavy (non-hydrogen) atoms. The Bertz CT molecular complexity index is 927. The fraction of sp³-hybridized carbons (Fsp3) is 0.217. The van der Waals surface area contributed by atoms with E-state index in [1.165, 1.54) is 5.56 Å². The lowest BCUT2D eigenvalue weighted by Gasteiger charge is -2.43. The van der Waals surface area contributed by atoms with Gasteiger partial charge in [-0.25, -0.2) is 0 Å². The highest BCUT2D eigenvalue weighted by molar-refractivity contribution is 5.67. The lowest BCUT2D eigenvalue weighted by molar-refractivity contribution is -0.123. The van der Waals surface area contributed by atoms with Crippen LogP contribution < -0.4 is 4.90 Å². The SMILES string of the molecule is OC12CCOC1(c1ccccc1)N(Cc1ccccc1)c1ccccc12. The second-order valence-corrected chi connectivity index (χ2v) is 7.06. The number of anilines is 1. The van der Waals surface area contributed by atoms with Crippen LogP contribution in [0.2, 0.25) is 0 Å². The molecule has 0 amide bonds. The van der Waals surface area contributed by atoms with Crippen molar-refractivity contribution in [1.82, 2.24) is 0 Å². The molecule has 130 valence electrons. The molecule has 5 rings (SSSR count). The summed E-state index contributed by atoms with van der Waals surface area (Å²) in [7, 11) is 0. The zero-order chi connectivity index (χ0) is 17.6. The van der Waals surface area contributed by atoms with Crippen LogP contribution in [0.4, 0.5) is 5.69 Å². The highest BCUT2D eigenvalue weighted by atomic mass is 16.5. The molecule has 0 aromatic heterocycles. The maximum absolute atomic E-state index is 11.9. The predicted molar refractivity (Wildman–Crippen MR) is 102 cm³/mol. The zero-order valence-electron chi connectivity index (χ0n) is 14.5. The quantitative estimate of drug-likeness (QED) is 0.775. The van der Waals surface area contributed by atoms with Crippen molar-refractivity contribution in [3.05, 3.63) is 102 Å². The molecule has 1 fully saturated rings. The van der Waals surface area contributed by atoms with Crippen molar-refractivity contribution in [3.8, 4) is 0 Å². The molecule has 0 radical (unpaired) electrons. The average Bonchev–Trinajstić information content (AvgIpc) is 3.15. The molecule has 3 heteroatoms. The summed E-state index contributed by atoms with van der Waals surface area (Å²) in [6.07, 6.45) is 0.587. The minimum Gasteiger partial charge on any atom is -0.380 e. The van der Waals surface area contributed by atoms with Crippen molar-refractivity contribution in [3.63, 3.8) is 0 Å². The van der Waals surface area contributed by atoms with Gasteiger partial charge in [0, 0.05) is 29.8 Å². The van der Waals surface area contributed by atoms with Crippen LogP contribution in [0.5, 0.6) is 0 Å². The van der Waals surface area contributed by atoms with Crippen molar-refractivity contribution in [1.29, 1.82) is 0 Å². The molecule has 3 aromatic rings. The Morgan fingerprint density at radius 2 is 1.50 bits per heavy atom. The summed E-state index contributed by atoms with van der Waals surface area (Å²) in [6, 6.07) is 28.6. The van der Waals surface area contributed by atoms with E-state index < -0.39 is 11.3 Å². The van der Waals surface area contributed by atoms with Crippen LogP contribution in [0.1, 0.15) is 23.1 Å². The Hall–Kier alpha value is -2.62. The molecular weight excluding hydrogens is 322 g/mol. The molecule has 0 aliphatic carbocycles. The maximum atomic E-state index is 11.9. The lowest BCUT2D eigenvalue weighted by Crippen LogP contribution is -2.53.